The van der Waals surface area contributed by atoms with Crippen LogP contribution in [-0.2, 0) is 0 Å². The Labute approximate surface area is 119 Å². The van der Waals surface area contributed by atoms with Crippen molar-refractivity contribution in [2.45, 2.75) is 71.4 Å². The average Bonchev–Trinajstić information content (AvgIpc) is 2.53. The molecule has 0 aliphatic carbocycles. The molecule has 110 valence electrons. The largest absolute Gasteiger partial charge is 0.303 e. The van der Waals surface area contributed by atoms with Crippen LogP contribution in [0.4, 0.5) is 0 Å². The summed E-state index contributed by atoms with van der Waals surface area (Å²) in [5, 5.41) is 12.7. The third-order valence-corrected chi connectivity index (χ3v) is 4.11. The van der Waals surface area contributed by atoms with Gasteiger partial charge in [-0.2, -0.15) is 5.26 Å². The first-order chi connectivity index (χ1) is 8.95. The molecule has 0 spiro atoms. The standard InChI is InChI=1S/C16H31N3/c1-14(2)18-16(4,13-17)9-6-11-19-10-5-7-15(3)8-12-19/h14-15,18H,5-12H2,1-4H3. The van der Waals surface area contributed by atoms with Crippen molar-refractivity contribution in [1.29, 1.82) is 5.26 Å². The van der Waals surface area contributed by atoms with Crippen LogP contribution in [0.25, 0.3) is 0 Å². The molecule has 0 bridgehead atoms. The molecule has 1 saturated heterocycles. The second kappa shape index (κ2) is 7.87. The molecule has 1 rings (SSSR count). The van der Waals surface area contributed by atoms with Gasteiger partial charge in [0, 0.05) is 6.04 Å². The average molecular weight is 265 g/mol. The van der Waals surface area contributed by atoms with Crippen molar-refractivity contribution in [3.63, 3.8) is 0 Å². The van der Waals surface area contributed by atoms with Gasteiger partial charge in [-0.1, -0.05) is 6.92 Å². The van der Waals surface area contributed by atoms with E-state index < -0.39 is 0 Å². The molecule has 19 heavy (non-hydrogen) atoms. The van der Waals surface area contributed by atoms with Crippen LogP contribution in [0, 0.1) is 17.2 Å². The molecule has 1 aliphatic heterocycles. The van der Waals surface area contributed by atoms with Crippen molar-refractivity contribution in [3.8, 4) is 6.07 Å². The highest BCUT2D eigenvalue weighted by Crippen LogP contribution is 2.18. The highest BCUT2D eigenvalue weighted by molar-refractivity contribution is 5.04. The third-order valence-electron chi connectivity index (χ3n) is 4.11. The van der Waals surface area contributed by atoms with Gasteiger partial charge in [-0.05, 0) is 78.4 Å². The second-order valence-corrected chi connectivity index (χ2v) is 6.72. The van der Waals surface area contributed by atoms with Gasteiger partial charge < -0.3 is 4.90 Å². The van der Waals surface area contributed by atoms with Crippen molar-refractivity contribution in [2.24, 2.45) is 5.92 Å². The normalized spacial score (nSPS) is 24.7. The van der Waals surface area contributed by atoms with Gasteiger partial charge in [0.25, 0.3) is 0 Å². The van der Waals surface area contributed by atoms with Gasteiger partial charge >= 0.3 is 0 Å². The number of rotatable bonds is 6. The predicted octanol–water partition coefficient (Wildman–Crippen LogP) is 3.17. The second-order valence-electron chi connectivity index (χ2n) is 6.72. The zero-order valence-electron chi connectivity index (χ0n) is 13.2. The summed E-state index contributed by atoms with van der Waals surface area (Å²) < 4.78 is 0. The molecule has 0 aromatic carbocycles. The van der Waals surface area contributed by atoms with Crippen molar-refractivity contribution in [3.05, 3.63) is 0 Å². The van der Waals surface area contributed by atoms with E-state index in [-0.39, 0.29) is 5.54 Å². The molecule has 3 nitrogen and oxygen atoms in total. The van der Waals surface area contributed by atoms with Crippen LogP contribution >= 0.6 is 0 Å². The lowest BCUT2D eigenvalue weighted by Crippen LogP contribution is -2.45. The highest BCUT2D eigenvalue weighted by Gasteiger charge is 2.24. The van der Waals surface area contributed by atoms with Crippen molar-refractivity contribution in [1.82, 2.24) is 10.2 Å². The summed E-state index contributed by atoms with van der Waals surface area (Å²) in [6.45, 7) is 12.2. The number of likely N-dealkylation sites (tertiary alicyclic amines) is 1. The molecule has 0 saturated carbocycles. The quantitative estimate of drug-likeness (QED) is 0.802. The Hall–Kier alpha value is -0.590. The number of hydrogen-bond acceptors (Lipinski definition) is 3. The van der Waals surface area contributed by atoms with Gasteiger partial charge in [0.2, 0.25) is 0 Å². The minimum Gasteiger partial charge on any atom is -0.303 e. The van der Waals surface area contributed by atoms with Crippen LogP contribution in [0.3, 0.4) is 0 Å². The molecule has 2 unspecified atom stereocenters. The van der Waals surface area contributed by atoms with Crippen molar-refractivity contribution < 1.29 is 0 Å². The molecule has 1 N–H and O–H groups in total. The Kier molecular flexibility index (Phi) is 6.82. The van der Waals surface area contributed by atoms with Gasteiger partial charge in [0.1, 0.15) is 5.54 Å². The van der Waals surface area contributed by atoms with Gasteiger partial charge in [0.15, 0.2) is 0 Å². The summed E-state index contributed by atoms with van der Waals surface area (Å²) in [5.74, 6) is 0.886. The molecule has 3 heteroatoms. The molecular formula is C16H31N3. The van der Waals surface area contributed by atoms with E-state index in [1.807, 2.05) is 6.92 Å². The molecule has 0 amide bonds. The maximum absolute atomic E-state index is 9.32. The zero-order valence-corrected chi connectivity index (χ0v) is 13.2. The fourth-order valence-electron chi connectivity index (χ4n) is 3.00. The van der Waals surface area contributed by atoms with Crippen LogP contribution in [0.5, 0.6) is 0 Å². The Morgan fingerprint density at radius 3 is 2.74 bits per heavy atom. The van der Waals surface area contributed by atoms with E-state index >= 15 is 0 Å². The highest BCUT2D eigenvalue weighted by atomic mass is 15.1. The first-order valence-electron chi connectivity index (χ1n) is 7.86. The monoisotopic (exact) mass is 265 g/mol. The van der Waals surface area contributed by atoms with Crippen LogP contribution in [-0.4, -0.2) is 36.1 Å². The SMILES string of the molecule is CC1CCCN(CCCC(C)(C#N)NC(C)C)CC1. The maximum Gasteiger partial charge on any atom is 0.104 e. The lowest BCUT2D eigenvalue weighted by molar-refractivity contribution is 0.261. The first kappa shape index (κ1) is 16.5. The van der Waals surface area contributed by atoms with Gasteiger partial charge in [-0.3, -0.25) is 5.32 Å². The number of nitrogens with zero attached hydrogens (tertiary/aromatic N) is 2. The van der Waals surface area contributed by atoms with Gasteiger partial charge in [-0.15, -0.1) is 0 Å². The molecule has 1 aliphatic rings. The maximum atomic E-state index is 9.32. The minimum atomic E-state index is -0.368. The van der Waals surface area contributed by atoms with E-state index in [0.29, 0.717) is 6.04 Å². The van der Waals surface area contributed by atoms with Crippen molar-refractivity contribution >= 4 is 0 Å². The summed E-state index contributed by atoms with van der Waals surface area (Å²) in [7, 11) is 0. The van der Waals surface area contributed by atoms with Crippen LogP contribution < -0.4 is 5.32 Å². The number of nitrogens with one attached hydrogen (secondary N) is 1. The van der Waals surface area contributed by atoms with E-state index in [0.717, 1.165) is 25.3 Å². The lowest BCUT2D eigenvalue weighted by atomic mass is 9.96. The van der Waals surface area contributed by atoms with E-state index in [1.54, 1.807) is 0 Å². The zero-order chi connectivity index (χ0) is 14.3. The van der Waals surface area contributed by atoms with Crippen LogP contribution in [0.1, 0.15) is 59.8 Å². The molecule has 2 atom stereocenters. The third kappa shape index (κ3) is 6.40. The number of nitriles is 1. The number of hydrogen-bond donors (Lipinski definition) is 1. The summed E-state index contributed by atoms with van der Waals surface area (Å²) in [6, 6.07) is 2.80. The predicted molar refractivity (Wildman–Crippen MR) is 81.0 cm³/mol. The Bertz CT molecular complexity index is 295. The minimum absolute atomic E-state index is 0.365. The first-order valence-corrected chi connectivity index (χ1v) is 7.86. The molecule has 1 heterocycles. The topological polar surface area (TPSA) is 39.1 Å². The van der Waals surface area contributed by atoms with Crippen LogP contribution in [0.2, 0.25) is 0 Å². The summed E-state index contributed by atoms with van der Waals surface area (Å²) in [4.78, 5) is 2.58. The summed E-state index contributed by atoms with van der Waals surface area (Å²) in [5.41, 5.74) is -0.368. The molecule has 1 fully saturated rings. The van der Waals surface area contributed by atoms with E-state index in [4.69, 9.17) is 0 Å². The Morgan fingerprint density at radius 1 is 1.37 bits per heavy atom. The fraction of sp³-hybridized carbons (Fsp3) is 0.938. The van der Waals surface area contributed by atoms with E-state index in [1.165, 1.54) is 32.4 Å². The summed E-state index contributed by atoms with van der Waals surface area (Å²) in [6.07, 6.45) is 6.09. The smallest absolute Gasteiger partial charge is 0.104 e. The van der Waals surface area contributed by atoms with Crippen LogP contribution in [0.15, 0.2) is 0 Å². The molecule has 0 aromatic heterocycles. The van der Waals surface area contributed by atoms with E-state index in [2.05, 4.69) is 37.1 Å². The fourth-order valence-corrected chi connectivity index (χ4v) is 3.00. The van der Waals surface area contributed by atoms with Gasteiger partial charge in [-0.25, -0.2) is 0 Å². The van der Waals surface area contributed by atoms with Crippen molar-refractivity contribution in [2.75, 3.05) is 19.6 Å². The van der Waals surface area contributed by atoms with Gasteiger partial charge in [0.05, 0.1) is 6.07 Å². The Balaban J connectivity index is 2.30. The molecular weight excluding hydrogens is 234 g/mol. The lowest BCUT2D eigenvalue weighted by Gasteiger charge is -2.27. The van der Waals surface area contributed by atoms with E-state index in [9.17, 15) is 5.26 Å². The Morgan fingerprint density at radius 2 is 2.11 bits per heavy atom. The molecule has 0 radical (unpaired) electrons. The molecule has 0 aromatic rings. The summed E-state index contributed by atoms with van der Waals surface area (Å²) >= 11 is 0.